The van der Waals surface area contributed by atoms with Crippen LogP contribution in [0.15, 0.2) is 206 Å². The van der Waals surface area contributed by atoms with Gasteiger partial charge in [-0.2, -0.15) is 34.5 Å². The average molecular weight is 1780 g/mol. The van der Waals surface area contributed by atoms with Gasteiger partial charge in [-0.1, -0.05) is 145 Å². The molecule has 16 aromatic rings. The molecular weight excluding hydrogens is 1670 g/mol. The molecule has 662 valence electrons. The first-order valence-electron chi connectivity index (χ1n) is 42.1. The second kappa shape index (κ2) is 37.6. The van der Waals surface area contributed by atoms with Crippen molar-refractivity contribution in [3.63, 3.8) is 0 Å². The number of thiazole rings is 2. The molecule has 12 heterocycles. The summed E-state index contributed by atoms with van der Waals surface area (Å²) in [5, 5.41) is 31.8. The van der Waals surface area contributed by atoms with Crippen LogP contribution in [0.5, 0.6) is 0 Å². The van der Waals surface area contributed by atoms with Crippen LogP contribution in [0.1, 0.15) is 146 Å². The monoisotopic (exact) mass is 1770 g/mol. The van der Waals surface area contributed by atoms with Gasteiger partial charge in [-0.3, -0.25) is 23.9 Å². The van der Waals surface area contributed by atoms with Crippen molar-refractivity contribution in [3.8, 4) is 89.1 Å². The molecule has 3 unspecified atom stereocenters. The van der Waals surface area contributed by atoms with Crippen LogP contribution in [0, 0.1) is 36.5 Å². The van der Waals surface area contributed by atoms with Gasteiger partial charge in [0.05, 0.1) is 56.9 Å². The molecule has 4 atom stereocenters. The van der Waals surface area contributed by atoms with E-state index < -0.39 is 22.2 Å². The zero-order valence-corrected chi connectivity index (χ0v) is 75.8. The Balaban J connectivity index is 0.000000133. The zero-order valence-electron chi connectivity index (χ0n) is 74.2. The van der Waals surface area contributed by atoms with E-state index in [1.165, 1.54) is 32.5 Å². The minimum Gasteiger partial charge on any atom is -0.384 e. The van der Waals surface area contributed by atoms with E-state index in [4.69, 9.17) is 50.2 Å². The van der Waals surface area contributed by atoms with Crippen LogP contribution in [-0.2, 0) is 44.3 Å². The Hall–Kier alpha value is -14.4. The molecule has 18 rings (SSSR count). The minimum atomic E-state index is -0.599. The van der Waals surface area contributed by atoms with Gasteiger partial charge < -0.3 is 50.4 Å². The molecule has 2 amide bonds. The number of benzene rings is 4. The van der Waals surface area contributed by atoms with E-state index in [0.717, 1.165) is 96.9 Å². The second-order valence-corrected chi connectivity index (χ2v) is 35.8. The Morgan fingerprint density at radius 2 is 0.860 bits per heavy atom. The second-order valence-electron chi connectivity index (χ2n) is 34.1. The highest BCUT2D eigenvalue weighted by Gasteiger charge is 2.49. The highest BCUT2D eigenvalue weighted by atomic mass is 32.1. The molecule has 2 saturated carbocycles. The van der Waals surface area contributed by atoms with Crippen LogP contribution >= 0.6 is 22.7 Å². The van der Waals surface area contributed by atoms with Crippen molar-refractivity contribution in [1.29, 1.82) is 0 Å². The first kappa shape index (κ1) is 89.4. The Morgan fingerprint density at radius 3 is 1.25 bits per heavy atom. The predicted octanol–water partition coefficient (Wildman–Crippen LogP) is 16.2. The SMILES string of the molecule is CC(C)C(C)(c1ccc(-c2cnc(N)nc2)cc1)c1noc(-c2cncs2)n1.CC(C)Nc1ncc(-c2ccc([C@](C)(c3noc(-c4cnn(CC(=O)N(C)C)c4)n3)C3CC3)cc2)cn1.CN(C)C(=O)Cn1cc(-c2nc(C(C)(c3ccc(-c4ccc(N)nc4F)cc3)C3CC3)no2)cn1.Cc1csc(-c2nc(C(C)(c3ccc(-c4cnc(N)nc4)cc3)C(C)C)no2)n1. The lowest BCUT2D eigenvalue weighted by Crippen LogP contribution is -2.31. The van der Waals surface area contributed by atoms with Gasteiger partial charge >= 0.3 is 0 Å². The smallest absolute Gasteiger partial charge is 0.286 e. The number of amides is 2. The molecule has 36 heteroatoms. The number of hydrogen-bond acceptors (Lipinski definition) is 31. The lowest BCUT2D eigenvalue weighted by molar-refractivity contribution is -0.130. The molecule has 4 aromatic carbocycles. The average Bonchev–Trinajstić information content (AvgIpc) is 1.61. The van der Waals surface area contributed by atoms with E-state index in [2.05, 4.69) is 228 Å². The Labute approximate surface area is 752 Å². The number of pyridine rings is 1. The molecule has 2 fully saturated rings. The summed E-state index contributed by atoms with van der Waals surface area (Å²) in [5.74, 6) is 6.16. The number of likely N-dealkylation sites (N-methyl/N-ethyl adjacent to an activating group) is 2. The van der Waals surface area contributed by atoms with Crippen LogP contribution in [0.25, 0.3) is 89.1 Å². The summed E-state index contributed by atoms with van der Waals surface area (Å²) in [6.07, 6.45) is 23.4. The summed E-state index contributed by atoms with van der Waals surface area (Å²) in [5.41, 5.74) is 30.5. The van der Waals surface area contributed by atoms with Gasteiger partial charge in [0.1, 0.15) is 23.8 Å². The fraction of sp³-hybridized carbons (Fsp3) is 0.323. The number of nitrogens with zero attached hydrogens (tertiary/aromatic N) is 23. The van der Waals surface area contributed by atoms with Crippen LogP contribution in [0.4, 0.5) is 28.1 Å². The van der Waals surface area contributed by atoms with Gasteiger partial charge in [0, 0.05) is 117 Å². The molecule has 33 nitrogen and oxygen atoms in total. The number of anilines is 4. The van der Waals surface area contributed by atoms with E-state index >= 15 is 0 Å². The van der Waals surface area contributed by atoms with E-state index in [9.17, 15) is 14.0 Å². The number of carbonyl (C=O) groups excluding carboxylic acids is 2. The lowest BCUT2D eigenvalue weighted by Gasteiger charge is -2.31. The fourth-order valence-electron chi connectivity index (χ4n) is 14.9. The van der Waals surface area contributed by atoms with E-state index in [1.807, 2.05) is 49.0 Å². The van der Waals surface area contributed by atoms with Crippen LogP contribution < -0.4 is 22.5 Å². The zero-order chi connectivity index (χ0) is 91.2. The van der Waals surface area contributed by atoms with Gasteiger partial charge in [-0.05, 0) is 154 Å². The maximum atomic E-state index is 14.3. The Morgan fingerprint density at radius 1 is 0.465 bits per heavy atom. The molecule has 129 heavy (non-hydrogen) atoms. The number of nitrogens with two attached hydrogens (primary N) is 3. The van der Waals surface area contributed by atoms with E-state index in [0.29, 0.717) is 86.9 Å². The van der Waals surface area contributed by atoms with Gasteiger partial charge in [0.15, 0.2) is 28.3 Å². The van der Waals surface area contributed by atoms with E-state index in [-0.39, 0.29) is 65.9 Å². The summed E-state index contributed by atoms with van der Waals surface area (Å²) < 4.78 is 39.7. The molecule has 0 bridgehead atoms. The third kappa shape index (κ3) is 19.6. The third-order valence-corrected chi connectivity index (χ3v) is 25.7. The maximum Gasteiger partial charge on any atom is 0.286 e. The molecule has 0 radical (unpaired) electrons. The first-order valence-corrected chi connectivity index (χ1v) is 43.8. The number of rotatable bonds is 26. The molecule has 2 aliphatic rings. The number of aryl methyl sites for hydroxylation is 1. The lowest BCUT2D eigenvalue weighted by atomic mass is 9.72. The number of nitrogens with one attached hydrogen (secondary N) is 1. The summed E-state index contributed by atoms with van der Waals surface area (Å²) in [4.78, 5) is 84.1. The molecule has 0 aliphatic heterocycles. The van der Waals surface area contributed by atoms with Crippen molar-refractivity contribution in [2.24, 2.45) is 23.7 Å². The normalized spacial score (nSPS) is 14.4. The van der Waals surface area contributed by atoms with Crippen molar-refractivity contribution in [2.75, 3.05) is 50.7 Å². The summed E-state index contributed by atoms with van der Waals surface area (Å²) >= 11 is 2.98. The molecule has 2 aliphatic carbocycles. The summed E-state index contributed by atoms with van der Waals surface area (Å²) in [7, 11) is 6.84. The summed E-state index contributed by atoms with van der Waals surface area (Å²) in [6, 6.07) is 36.2. The largest absolute Gasteiger partial charge is 0.384 e. The molecular formula is C93H100FN27O6S2. The molecule has 7 N–H and O–H groups in total. The van der Waals surface area contributed by atoms with Crippen molar-refractivity contribution in [3.05, 3.63) is 245 Å². The Kier molecular flexibility index (Phi) is 26.1. The maximum absolute atomic E-state index is 14.3. The Bertz CT molecular complexity index is 6480. The van der Waals surface area contributed by atoms with Crippen LogP contribution in [-0.4, -0.2) is 161 Å². The number of aromatic nitrogens is 21. The van der Waals surface area contributed by atoms with Gasteiger partial charge in [0.25, 0.3) is 23.6 Å². The minimum absolute atomic E-state index is 0.0413. The van der Waals surface area contributed by atoms with Gasteiger partial charge in [-0.25, -0.2) is 39.9 Å². The molecule has 0 spiro atoms. The number of nitrogen functional groups attached to an aromatic ring is 3. The highest BCUT2D eigenvalue weighted by Crippen LogP contribution is 2.53. The van der Waals surface area contributed by atoms with E-state index in [1.54, 1.807) is 111 Å². The predicted molar refractivity (Wildman–Crippen MR) is 489 cm³/mol. The highest BCUT2D eigenvalue weighted by molar-refractivity contribution is 7.13. The standard InChI is InChI=1S/C27H32N8O2.C25H26FN7O2.C21H22N6OS.C20H20N6OS/c1-17(2)31-26-28-12-19(13-29-26)18-6-8-21(9-7-18)27(3,22-10-11-22)25-32-24(37-33-25)20-14-30-35(15-20)16-23(36)34(4)5;1-25(18-8-9-18,17-6-4-15(5-7-17)19-10-11-20(27)29-22(19)26)24-30-23(35-31-24)16-12-28-33(13-16)14-21(34)32(2)3;1-12(2)21(4,19-26-17(28-27-19)18-25-13(3)11-29-18)16-7-5-14(6-8-16)15-9-23-20(22)24-10-15;1-12(2)20(3,18-25-17(27-26-18)16-10-22-11-28-16)15-6-4-13(5-7-15)14-8-23-19(21)24-9-14/h6-9,12-15,17,22H,10-11,16H2,1-5H3,(H,28,29,31);4-7,10-13,18H,8-9,14H2,1-3H3,(H2,27,29);5-12H,1-4H3,(H2,22,23,24);4-12H,1-3H3,(H2,21,23,24)/t27-;;;/m0.../s1. The quantitative estimate of drug-likeness (QED) is 0.0366. The summed E-state index contributed by atoms with van der Waals surface area (Å²) in [6.45, 7) is 23.5. The van der Waals surface area contributed by atoms with Crippen molar-refractivity contribution in [2.45, 2.75) is 143 Å². The van der Waals surface area contributed by atoms with Crippen molar-refractivity contribution < 1.29 is 32.1 Å². The number of hydrogen-bond donors (Lipinski definition) is 4. The van der Waals surface area contributed by atoms with Crippen molar-refractivity contribution >= 4 is 58.2 Å². The number of halogens is 1. The van der Waals surface area contributed by atoms with Gasteiger partial charge in [0.2, 0.25) is 35.6 Å². The topological polar surface area (TPSA) is 438 Å². The van der Waals surface area contributed by atoms with Gasteiger partial charge in [-0.15, -0.1) is 22.7 Å². The van der Waals surface area contributed by atoms with Crippen LogP contribution in [0.2, 0.25) is 0 Å². The van der Waals surface area contributed by atoms with Crippen LogP contribution in [0.3, 0.4) is 0 Å². The van der Waals surface area contributed by atoms with Crippen molar-refractivity contribution in [1.82, 2.24) is 115 Å². The molecule has 0 saturated heterocycles. The first-order chi connectivity index (χ1) is 61.8. The third-order valence-electron chi connectivity index (χ3n) is 24.0. The fourth-order valence-corrected chi connectivity index (χ4v) is 16.2. The number of carbonyl (C=O) groups is 2. The molecule has 12 aromatic heterocycles.